The van der Waals surface area contributed by atoms with Crippen LogP contribution in [0.25, 0.3) is 0 Å². The van der Waals surface area contributed by atoms with Crippen LogP contribution in [0.3, 0.4) is 0 Å². The fourth-order valence-electron chi connectivity index (χ4n) is 3.59. The molecule has 0 fully saturated rings. The van der Waals surface area contributed by atoms with Crippen molar-refractivity contribution in [3.05, 3.63) is 94.3 Å². The molecule has 0 spiro atoms. The molecule has 3 aromatic rings. The standard InChI is InChI=1S/C25H22ClFN2O3/c1-2-22-25(31)29(14-16-3-7-19(26)8-4-16)15-18-13-21(11-12-23(18)32-22)28-24(30)17-5-9-20(27)10-6-17/h3-13,22H,2,14-15H2,1H3,(H,28,30)/t22-/m1/s1. The summed E-state index contributed by atoms with van der Waals surface area (Å²) in [4.78, 5) is 27.3. The maximum absolute atomic E-state index is 13.1. The first kappa shape index (κ1) is 21.8. The first-order valence-electron chi connectivity index (χ1n) is 10.3. The van der Waals surface area contributed by atoms with Crippen LogP contribution in [0.1, 0.15) is 34.8 Å². The molecule has 2 amide bonds. The van der Waals surface area contributed by atoms with E-state index in [1.165, 1.54) is 24.3 Å². The van der Waals surface area contributed by atoms with Crippen molar-refractivity contribution in [2.75, 3.05) is 5.32 Å². The number of carbonyl (C=O) groups is 2. The van der Waals surface area contributed by atoms with Gasteiger partial charge in [0.25, 0.3) is 11.8 Å². The number of hydrogen-bond acceptors (Lipinski definition) is 3. The molecule has 164 valence electrons. The second kappa shape index (κ2) is 9.40. The van der Waals surface area contributed by atoms with Crippen molar-refractivity contribution in [2.45, 2.75) is 32.5 Å². The van der Waals surface area contributed by atoms with Crippen molar-refractivity contribution in [1.82, 2.24) is 4.90 Å². The Morgan fingerprint density at radius 1 is 1.12 bits per heavy atom. The van der Waals surface area contributed by atoms with E-state index in [9.17, 15) is 14.0 Å². The summed E-state index contributed by atoms with van der Waals surface area (Å²) < 4.78 is 19.1. The minimum absolute atomic E-state index is 0.0875. The molecule has 0 saturated heterocycles. The predicted octanol–water partition coefficient (Wildman–Crippen LogP) is 5.43. The lowest BCUT2D eigenvalue weighted by Crippen LogP contribution is -2.38. The molecule has 7 heteroatoms. The zero-order valence-corrected chi connectivity index (χ0v) is 18.2. The Bertz CT molecular complexity index is 1130. The van der Waals surface area contributed by atoms with Crippen molar-refractivity contribution in [2.24, 2.45) is 0 Å². The topological polar surface area (TPSA) is 58.6 Å². The molecule has 1 aliphatic rings. The summed E-state index contributed by atoms with van der Waals surface area (Å²) in [6.45, 7) is 2.67. The number of benzene rings is 3. The van der Waals surface area contributed by atoms with E-state index in [0.717, 1.165) is 11.1 Å². The Hall–Kier alpha value is -3.38. The molecule has 0 radical (unpaired) electrons. The maximum Gasteiger partial charge on any atom is 0.264 e. The van der Waals surface area contributed by atoms with E-state index in [1.54, 1.807) is 35.2 Å². The van der Waals surface area contributed by atoms with Gasteiger partial charge in [-0.3, -0.25) is 9.59 Å². The molecule has 4 rings (SSSR count). The lowest BCUT2D eigenvalue weighted by atomic mass is 10.1. The van der Waals surface area contributed by atoms with Crippen molar-refractivity contribution >= 4 is 29.1 Å². The quantitative estimate of drug-likeness (QED) is 0.561. The van der Waals surface area contributed by atoms with Gasteiger partial charge in [-0.25, -0.2) is 4.39 Å². The zero-order valence-electron chi connectivity index (χ0n) is 17.5. The highest BCUT2D eigenvalue weighted by Gasteiger charge is 2.30. The first-order valence-corrected chi connectivity index (χ1v) is 10.7. The molecule has 1 atom stereocenters. The van der Waals surface area contributed by atoms with Gasteiger partial charge in [-0.1, -0.05) is 30.7 Å². The fourth-order valence-corrected chi connectivity index (χ4v) is 3.72. The second-order valence-electron chi connectivity index (χ2n) is 7.62. The van der Waals surface area contributed by atoms with Crippen LogP contribution < -0.4 is 10.1 Å². The van der Waals surface area contributed by atoms with Crippen LogP contribution in [-0.4, -0.2) is 22.8 Å². The number of nitrogens with zero attached hydrogens (tertiary/aromatic N) is 1. The van der Waals surface area contributed by atoms with Crippen molar-refractivity contribution in [3.63, 3.8) is 0 Å². The highest BCUT2D eigenvalue weighted by atomic mass is 35.5. The number of hydrogen-bond donors (Lipinski definition) is 1. The number of amides is 2. The Morgan fingerprint density at radius 2 is 1.84 bits per heavy atom. The summed E-state index contributed by atoms with van der Waals surface area (Å²) in [5.41, 5.74) is 2.67. The summed E-state index contributed by atoms with van der Waals surface area (Å²) in [7, 11) is 0. The normalized spacial score (nSPS) is 15.5. The molecule has 32 heavy (non-hydrogen) atoms. The van der Waals surface area contributed by atoms with E-state index >= 15 is 0 Å². The van der Waals surface area contributed by atoms with Gasteiger partial charge in [-0.05, 0) is 66.6 Å². The van der Waals surface area contributed by atoms with Crippen molar-refractivity contribution in [1.29, 1.82) is 0 Å². The summed E-state index contributed by atoms with van der Waals surface area (Å²) in [5.74, 6) is -0.223. The molecule has 0 bridgehead atoms. The largest absolute Gasteiger partial charge is 0.480 e. The van der Waals surface area contributed by atoms with Gasteiger partial charge >= 0.3 is 0 Å². The molecule has 0 aromatic heterocycles. The van der Waals surface area contributed by atoms with E-state index in [2.05, 4.69) is 5.32 Å². The van der Waals surface area contributed by atoms with Crippen molar-refractivity contribution < 1.29 is 18.7 Å². The Labute approximate surface area is 190 Å². The molecule has 5 nitrogen and oxygen atoms in total. The molecule has 0 unspecified atom stereocenters. The number of fused-ring (bicyclic) bond motifs is 1. The second-order valence-corrected chi connectivity index (χ2v) is 8.06. The third kappa shape index (κ3) is 4.92. The van der Waals surface area contributed by atoms with E-state index < -0.39 is 11.9 Å². The summed E-state index contributed by atoms with van der Waals surface area (Å²) in [5, 5.41) is 3.46. The molecule has 0 aliphatic carbocycles. The monoisotopic (exact) mass is 452 g/mol. The lowest BCUT2D eigenvalue weighted by Gasteiger charge is -2.23. The van der Waals surface area contributed by atoms with Crippen LogP contribution in [0.2, 0.25) is 5.02 Å². The van der Waals surface area contributed by atoms with Crippen molar-refractivity contribution in [3.8, 4) is 5.75 Å². The Kier molecular flexibility index (Phi) is 6.42. The van der Waals surface area contributed by atoms with Gasteiger partial charge in [-0.15, -0.1) is 0 Å². The lowest BCUT2D eigenvalue weighted by molar-refractivity contribution is -0.139. The molecule has 1 heterocycles. The maximum atomic E-state index is 13.1. The molecule has 1 aliphatic heterocycles. The molecule has 0 saturated carbocycles. The third-order valence-corrected chi connectivity index (χ3v) is 5.55. The number of rotatable bonds is 5. The molecule has 1 N–H and O–H groups in total. The van der Waals surface area contributed by atoms with Crippen LogP contribution in [0.15, 0.2) is 66.7 Å². The van der Waals surface area contributed by atoms with Crippen LogP contribution in [0, 0.1) is 5.82 Å². The number of ether oxygens (including phenoxy) is 1. The average Bonchev–Trinajstić information content (AvgIpc) is 2.92. The molecule has 3 aromatic carbocycles. The van der Waals surface area contributed by atoms with Gasteiger partial charge in [0.1, 0.15) is 11.6 Å². The number of nitrogens with one attached hydrogen (secondary N) is 1. The molecular weight excluding hydrogens is 431 g/mol. The number of halogens is 2. The van der Waals surface area contributed by atoms with Gasteiger partial charge in [0.05, 0.1) is 0 Å². The van der Waals surface area contributed by atoms with E-state index in [0.29, 0.717) is 41.5 Å². The zero-order chi connectivity index (χ0) is 22.7. The van der Waals surface area contributed by atoms with Gasteiger partial charge in [0.15, 0.2) is 6.10 Å². The van der Waals surface area contributed by atoms with Gasteiger partial charge in [-0.2, -0.15) is 0 Å². The highest BCUT2D eigenvalue weighted by Crippen LogP contribution is 2.30. The third-order valence-electron chi connectivity index (χ3n) is 5.30. The van der Waals surface area contributed by atoms with Gasteiger partial charge < -0.3 is 15.0 Å². The smallest absolute Gasteiger partial charge is 0.264 e. The molecular formula is C25H22ClFN2O3. The minimum Gasteiger partial charge on any atom is -0.480 e. The van der Waals surface area contributed by atoms with Crippen LogP contribution in [0.5, 0.6) is 5.75 Å². The minimum atomic E-state index is -0.580. The summed E-state index contributed by atoms with van der Waals surface area (Å²) >= 11 is 5.98. The van der Waals surface area contributed by atoms with E-state index in [4.69, 9.17) is 16.3 Å². The predicted molar refractivity (Wildman–Crippen MR) is 121 cm³/mol. The summed E-state index contributed by atoms with van der Waals surface area (Å²) in [6, 6.07) is 18.0. The fraction of sp³-hybridized carbons (Fsp3) is 0.200. The first-order chi connectivity index (χ1) is 15.4. The van der Waals surface area contributed by atoms with E-state index in [1.807, 2.05) is 19.1 Å². The number of carbonyl (C=O) groups excluding carboxylic acids is 2. The highest BCUT2D eigenvalue weighted by molar-refractivity contribution is 6.30. The number of anilines is 1. The van der Waals surface area contributed by atoms with Crippen LogP contribution >= 0.6 is 11.6 Å². The SMILES string of the molecule is CC[C@H]1Oc2ccc(NC(=O)c3ccc(F)cc3)cc2CN(Cc2ccc(Cl)cc2)C1=O. The Morgan fingerprint density at radius 3 is 2.53 bits per heavy atom. The van der Waals surface area contributed by atoms with E-state index in [-0.39, 0.29) is 11.8 Å². The average molecular weight is 453 g/mol. The van der Waals surface area contributed by atoms with Gasteiger partial charge in [0, 0.05) is 34.9 Å². The van der Waals surface area contributed by atoms with Gasteiger partial charge in [0.2, 0.25) is 0 Å². The Balaban J connectivity index is 1.57. The van der Waals surface area contributed by atoms with Crippen LogP contribution in [0.4, 0.5) is 10.1 Å². The summed E-state index contributed by atoms with van der Waals surface area (Å²) in [6.07, 6.45) is -0.0402. The van der Waals surface area contributed by atoms with Crippen LogP contribution in [-0.2, 0) is 17.9 Å².